The van der Waals surface area contributed by atoms with Gasteiger partial charge in [0.2, 0.25) is 11.8 Å². The van der Waals surface area contributed by atoms with Crippen molar-refractivity contribution in [2.45, 2.75) is 31.7 Å². The van der Waals surface area contributed by atoms with Gasteiger partial charge in [-0.05, 0) is 18.9 Å². The Balaban J connectivity index is 1.97. The Labute approximate surface area is 103 Å². The van der Waals surface area contributed by atoms with Gasteiger partial charge in [-0.15, -0.1) is 0 Å². The monoisotopic (exact) mass is 252 g/mol. The summed E-state index contributed by atoms with van der Waals surface area (Å²) in [6.45, 7) is 0. The largest absolute Gasteiger partial charge is 0.340 e. The molecule has 0 aromatic heterocycles. The van der Waals surface area contributed by atoms with E-state index in [1.807, 2.05) is 0 Å². The van der Waals surface area contributed by atoms with Gasteiger partial charge in [0, 0.05) is 18.4 Å². The van der Waals surface area contributed by atoms with Gasteiger partial charge in [0.15, 0.2) is 0 Å². The molecule has 2 aliphatic rings. The lowest BCUT2D eigenvalue weighted by Gasteiger charge is -2.22. The van der Waals surface area contributed by atoms with Crippen molar-refractivity contribution in [3.63, 3.8) is 0 Å². The van der Waals surface area contributed by atoms with Crippen molar-refractivity contribution in [1.82, 2.24) is 10.6 Å². The molecule has 1 atom stereocenters. The molecule has 0 spiro atoms. The van der Waals surface area contributed by atoms with E-state index >= 15 is 0 Å². The molecule has 0 saturated carbocycles. The van der Waals surface area contributed by atoms with Crippen LogP contribution in [0.25, 0.3) is 0 Å². The van der Waals surface area contributed by atoms with E-state index in [1.54, 1.807) is 6.08 Å². The molecule has 0 aromatic carbocycles. The number of nitrogens with one attached hydrogen (secondary N) is 2. The molecule has 1 heterocycles. The summed E-state index contributed by atoms with van der Waals surface area (Å²) < 4.78 is 13.0. The van der Waals surface area contributed by atoms with Crippen LogP contribution in [0, 0.1) is 0 Å². The molecule has 2 rings (SSSR count). The third-order valence-electron chi connectivity index (χ3n) is 2.87. The highest BCUT2D eigenvalue weighted by atomic mass is 19.1. The third-order valence-corrected chi connectivity index (χ3v) is 2.87. The zero-order valence-corrected chi connectivity index (χ0v) is 9.66. The van der Waals surface area contributed by atoms with Gasteiger partial charge in [-0.1, -0.05) is 6.08 Å². The first-order valence-electron chi connectivity index (χ1n) is 5.77. The van der Waals surface area contributed by atoms with Gasteiger partial charge < -0.3 is 5.32 Å². The summed E-state index contributed by atoms with van der Waals surface area (Å²) in [5.41, 5.74) is 0.225. The molecule has 6 heteroatoms. The Morgan fingerprint density at radius 2 is 2.17 bits per heavy atom. The summed E-state index contributed by atoms with van der Waals surface area (Å²) in [4.78, 5) is 34.1. The number of hydrogen-bond acceptors (Lipinski definition) is 3. The van der Waals surface area contributed by atoms with Crippen LogP contribution < -0.4 is 10.6 Å². The number of halogens is 1. The van der Waals surface area contributed by atoms with Crippen LogP contribution in [0.3, 0.4) is 0 Å². The number of carbonyl (C=O) groups is 3. The highest BCUT2D eigenvalue weighted by Crippen LogP contribution is 2.18. The predicted octanol–water partition coefficient (Wildman–Crippen LogP) is 0.481. The van der Waals surface area contributed by atoms with Crippen molar-refractivity contribution < 1.29 is 18.8 Å². The lowest BCUT2D eigenvalue weighted by molar-refractivity contribution is -0.136. The molecule has 18 heavy (non-hydrogen) atoms. The van der Waals surface area contributed by atoms with Crippen molar-refractivity contribution >= 4 is 17.7 Å². The zero-order chi connectivity index (χ0) is 13.1. The van der Waals surface area contributed by atoms with Gasteiger partial charge in [-0.3, -0.25) is 19.7 Å². The van der Waals surface area contributed by atoms with Crippen molar-refractivity contribution in [3.8, 4) is 0 Å². The maximum atomic E-state index is 13.0. The summed E-state index contributed by atoms with van der Waals surface area (Å²) >= 11 is 0. The lowest BCUT2D eigenvalue weighted by Crippen LogP contribution is -2.52. The summed E-state index contributed by atoms with van der Waals surface area (Å²) in [5, 5.41) is 4.64. The molecule has 0 radical (unpaired) electrons. The van der Waals surface area contributed by atoms with Crippen LogP contribution in [0.1, 0.15) is 25.7 Å². The van der Waals surface area contributed by atoms with Gasteiger partial charge in [0.05, 0.1) is 0 Å². The Kier molecular flexibility index (Phi) is 3.55. The summed E-state index contributed by atoms with van der Waals surface area (Å²) in [5.74, 6) is -1.68. The van der Waals surface area contributed by atoms with Crippen molar-refractivity contribution in [3.05, 3.63) is 23.6 Å². The van der Waals surface area contributed by atoms with Crippen LogP contribution in [-0.4, -0.2) is 23.8 Å². The fraction of sp³-hybridized carbons (Fsp3) is 0.417. The Hall–Kier alpha value is -1.98. The van der Waals surface area contributed by atoms with Crippen LogP contribution in [0.5, 0.6) is 0 Å². The highest BCUT2D eigenvalue weighted by molar-refractivity contribution is 6.04. The minimum atomic E-state index is -0.727. The van der Waals surface area contributed by atoms with Gasteiger partial charge in [0.1, 0.15) is 11.9 Å². The second kappa shape index (κ2) is 5.12. The van der Waals surface area contributed by atoms with Crippen molar-refractivity contribution in [2.24, 2.45) is 0 Å². The average Bonchev–Trinajstić information content (AvgIpc) is 2.32. The van der Waals surface area contributed by atoms with E-state index in [4.69, 9.17) is 0 Å². The molecule has 96 valence electrons. The number of amides is 3. The van der Waals surface area contributed by atoms with E-state index in [9.17, 15) is 18.8 Å². The first-order chi connectivity index (χ1) is 8.56. The number of imide groups is 1. The van der Waals surface area contributed by atoms with Crippen LogP contribution in [0.4, 0.5) is 4.39 Å². The standard InChI is InChI=1S/C12H13FN2O3/c13-8-3-1-2-7(6-8)11(17)14-9-4-5-10(16)15-12(9)18/h2,6,9H,1,3-5H2,(H,14,17)(H,15,16,18)/t9-/m1/s1. The van der Waals surface area contributed by atoms with Crippen LogP contribution >= 0.6 is 0 Å². The molecule has 0 aromatic rings. The Morgan fingerprint density at radius 3 is 2.83 bits per heavy atom. The predicted molar refractivity (Wildman–Crippen MR) is 60.8 cm³/mol. The number of hydrogen-bond donors (Lipinski definition) is 2. The fourth-order valence-corrected chi connectivity index (χ4v) is 1.90. The first-order valence-corrected chi connectivity index (χ1v) is 5.77. The maximum absolute atomic E-state index is 13.0. The van der Waals surface area contributed by atoms with Crippen molar-refractivity contribution in [1.29, 1.82) is 0 Å². The van der Waals surface area contributed by atoms with E-state index in [0.717, 1.165) is 0 Å². The normalized spacial score (nSPS) is 23.9. The van der Waals surface area contributed by atoms with Gasteiger partial charge in [-0.2, -0.15) is 0 Å². The highest BCUT2D eigenvalue weighted by Gasteiger charge is 2.28. The molecule has 0 unspecified atom stereocenters. The van der Waals surface area contributed by atoms with E-state index < -0.39 is 17.9 Å². The van der Waals surface area contributed by atoms with Gasteiger partial charge >= 0.3 is 0 Å². The average molecular weight is 252 g/mol. The number of allylic oxidation sites excluding steroid dienone is 2. The van der Waals surface area contributed by atoms with Gasteiger partial charge in [-0.25, -0.2) is 4.39 Å². The zero-order valence-electron chi connectivity index (χ0n) is 9.66. The molecular formula is C12H13FN2O3. The van der Waals surface area contributed by atoms with E-state index in [2.05, 4.69) is 10.6 Å². The summed E-state index contributed by atoms with van der Waals surface area (Å²) in [7, 11) is 0. The molecule has 2 N–H and O–H groups in total. The molecule has 3 amide bonds. The minimum absolute atomic E-state index is 0.194. The third kappa shape index (κ3) is 2.82. The number of carbonyl (C=O) groups excluding carboxylic acids is 3. The SMILES string of the molecule is O=C1CC[C@@H](NC(=O)C2=CCCC(F)=C2)C(=O)N1. The van der Waals surface area contributed by atoms with E-state index in [-0.39, 0.29) is 30.1 Å². The molecule has 1 aliphatic heterocycles. The molecule has 1 fully saturated rings. The fourth-order valence-electron chi connectivity index (χ4n) is 1.90. The first kappa shape index (κ1) is 12.5. The van der Waals surface area contributed by atoms with Crippen LogP contribution in [0.2, 0.25) is 0 Å². The second-order valence-electron chi connectivity index (χ2n) is 4.27. The summed E-state index contributed by atoms with van der Waals surface area (Å²) in [6.07, 6.45) is 4.04. The van der Waals surface area contributed by atoms with E-state index in [0.29, 0.717) is 12.8 Å². The van der Waals surface area contributed by atoms with Crippen LogP contribution in [-0.2, 0) is 14.4 Å². The minimum Gasteiger partial charge on any atom is -0.340 e. The molecule has 5 nitrogen and oxygen atoms in total. The number of piperidine rings is 1. The lowest BCUT2D eigenvalue weighted by atomic mass is 10.0. The van der Waals surface area contributed by atoms with Crippen molar-refractivity contribution in [2.75, 3.05) is 0 Å². The topological polar surface area (TPSA) is 75.3 Å². The summed E-state index contributed by atoms with van der Waals surface area (Å²) in [6, 6.07) is -0.727. The quantitative estimate of drug-likeness (QED) is 0.702. The van der Waals surface area contributed by atoms with Gasteiger partial charge in [0.25, 0.3) is 5.91 Å². The van der Waals surface area contributed by atoms with E-state index in [1.165, 1.54) is 6.08 Å². The smallest absolute Gasteiger partial charge is 0.251 e. The Bertz CT molecular complexity index is 468. The van der Waals surface area contributed by atoms with Crippen LogP contribution in [0.15, 0.2) is 23.6 Å². The second-order valence-corrected chi connectivity index (χ2v) is 4.27. The molecular weight excluding hydrogens is 239 g/mol. The maximum Gasteiger partial charge on any atom is 0.251 e. The number of rotatable bonds is 2. The molecule has 1 aliphatic carbocycles. The molecule has 1 saturated heterocycles. The Morgan fingerprint density at radius 1 is 1.39 bits per heavy atom. The molecule has 0 bridgehead atoms.